The number of hydrogen-bond acceptors (Lipinski definition) is 2. The molecule has 4 heterocycles. The van der Waals surface area contributed by atoms with Crippen LogP contribution in [0, 0.1) is 12.3 Å². The molecule has 0 bridgehead atoms. The van der Waals surface area contributed by atoms with E-state index in [4.69, 9.17) is 15.3 Å². The van der Waals surface area contributed by atoms with Gasteiger partial charge in [-0.05, 0) is 112 Å². The minimum atomic E-state index is 0.857. The second-order valence-corrected chi connectivity index (χ2v) is 17.0. The van der Waals surface area contributed by atoms with Gasteiger partial charge in [-0.15, -0.1) is 6.42 Å². The summed E-state index contributed by atoms with van der Waals surface area (Å²) in [6.45, 7) is 2.05. The van der Waals surface area contributed by atoms with E-state index in [9.17, 15) is 0 Å². The second kappa shape index (κ2) is 13.4. The van der Waals surface area contributed by atoms with Gasteiger partial charge in [-0.25, -0.2) is 0 Å². The van der Waals surface area contributed by atoms with Crippen molar-refractivity contribution in [3.63, 3.8) is 0 Å². The fourth-order valence-electron chi connectivity index (χ4n) is 11.0. The van der Waals surface area contributed by atoms with Crippen LogP contribution in [0.25, 0.3) is 138 Å². The minimum absolute atomic E-state index is 0.857. The van der Waals surface area contributed by atoms with E-state index in [1.54, 1.807) is 0 Å². The third kappa shape index (κ3) is 4.87. The Bertz CT molecular complexity index is 4440. The van der Waals surface area contributed by atoms with Gasteiger partial charge in [-0.1, -0.05) is 133 Å². The van der Waals surface area contributed by atoms with Gasteiger partial charge in [-0.2, -0.15) is 0 Å². The van der Waals surface area contributed by atoms with Crippen molar-refractivity contribution >= 4 is 115 Å². The van der Waals surface area contributed by atoms with E-state index < -0.39 is 0 Å². The normalized spacial score (nSPS) is 12.3. The van der Waals surface area contributed by atoms with Gasteiger partial charge < -0.3 is 18.0 Å². The molecular formula is C61H36N2O2. The van der Waals surface area contributed by atoms with E-state index in [0.717, 1.165) is 116 Å². The number of hydrogen-bond donors (Lipinski definition) is 0. The van der Waals surface area contributed by atoms with Gasteiger partial charge >= 0.3 is 0 Å². The largest absolute Gasteiger partial charge is 0.456 e. The summed E-state index contributed by atoms with van der Waals surface area (Å²) < 4.78 is 18.1. The highest BCUT2D eigenvalue weighted by molar-refractivity contribution is 6.32. The summed E-state index contributed by atoms with van der Waals surface area (Å²) >= 11 is 0. The quantitative estimate of drug-likeness (QED) is 0.131. The molecule has 14 rings (SSSR count). The molecule has 0 aliphatic heterocycles. The Morgan fingerprint density at radius 1 is 0.446 bits per heavy atom. The molecule has 0 unspecified atom stereocenters. The maximum Gasteiger partial charge on any atom is 0.159 e. The molecular weight excluding hydrogens is 793 g/mol. The zero-order chi connectivity index (χ0) is 42.9. The molecule has 0 aliphatic carbocycles. The van der Waals surface area contributed by atoms with Crippen molar-refractivity contribution in [2.45, 2.75) is 6.92 Å². The van der Waals surface area contributed by atoms with Crippen molar-refractivity contribution in [2.24, 2.45) is 0 Å². The van der Waals surface area contributed by atoms with Crippen LogP contribution >= 0.6 is 0 Å². The molecule has 302 valence electrons. The van der Waals surface area contributed by atoms with Crippen LogP contribution in [-0.4, -0.2) is 9.13 Å². The summed E-state index contributed by atoms with van der Waals surface area (Å²) in [5, 5.41) is 13.7. The van der Waals surface area contributed by atoms with Gasteiger partial charge in [0.05, 0.1) is 27.8 Å². The van der Waals surface area contributed by atoms with Gasteiger partial charge in [0.15, 0.2) is 5.58 Å². The molecule has 0 radical (unpaired) electrons. The Balaban J connectivity index is 1.13. The standard InChI is InChI=1S/C61H36N2O2/c1-3-15-40-38(4-2)41-16-5-6-17-42(41)43-31-29-37(35-49(40)43)62-50-23-10-7-20-48(50)59-52(62)32-33-53-60(59)58-39(36-28-30-46-44-18-8-11-26-55(44)64-57(46)34-36)21-13-24-51(58)63(53)54-25-14-22-47-45-19-9-12-27-56(45)65-61(47)54/h2-3,5-35H,1H3/b15-3-. The summed E-state index contributed by atoms with van der Waals surface area (Å²) in [5.41, 5.74) is 14.2. The third-order valence-corrected chi connectivity index (χ3v) is 13.7. The van der Waals surface area contributed by atoms with Gasteiger partial charge in [0, 0.05) is 54.3 Å². The van der Waals surface area contributed by atoms with E-state index >= 15 is 0 Å². The van der Waals surface area contributed by atoms with E-state index in [-0.39, 0.29) is 0 Å². The second-order valence-electron chi connectivity index (χ2n) is 17.0. The molecule has 0 N–H and O–H groups in total. The molecule has 0 fully saturated rings. The first-order chi connectivity index (χ1) is 32.2. The zero-order valence-electron chi connectivity index (χ0n) is 35.3. The van der Waals surface area contributed by atoms with Crippen molar-refractivity contribution in [1.29, 1.82) is 0 Å². The maximum absolute atomic E-state index is 6.77. The van der Waals surface area contributed by atoms with E-state index in [2.05, 4.69) is 198 Å². The number of furan rings is 2. The van der Waals surface area contributed by atoms with Gasteiger partial charge in [0.2, 0.25) is 0 Å². The minimum Gasteiger partial charge on any atom is -0.456 e. The molecule has 4 aromatic heterocycles. The SMILES string of the molecule is C#Cc1c(/C=C\C)c2cc(-n3c4ccccc4c4c5c6c(-c7ccc8c(c7)oc7ccccc78)cccc6n(-c6cccc7c6oc6ccccc67)c5ccc43)ccc2c2ccccc12. The lowest BCUT2D eigenvalue weighted by Crippen LogP contribution is -1.96. The highest BCUT2D eigenvalue weighted by atomic mass is 16.3. The van der Waals surface area contributed by atoms with Gasteiger partial charge in [0.1, 0.15) is 16.7 Å². The lowest BCUT2D eigenvalue weighted by Gasteiger charge is -2.15. The summed E-state index contributed by atoms with van der Waals surface area (Å²) in [6.07, 6.45) is 10.5. The van der Waals surface area contributed by atoms with Crippen molar-refractivity contribution in [1.82, 2.24) is 9.13 Å². The first-order valence-corrected chi connectivity index (χ1v) is 22.1. The van der Waals surface area contributed by atoms with E-state index in [0.29, 0.717) is 0 Å². The lowest BCUT2D eigenvalue weighted by molar-refractivity contribution is 0.666. The summed E-state index contributed by atoms with van der Waals surface area (Å²) in [5.74, 6) is 3.06. The average Bonchev–Trinajstić information content (AvgIpc) is 4.11. The Kier molecular flexibility index (Phi) is 7.36. The molecule has 0 saturated heterocycles. The molecule has 4 nitrogen and oxygen atoms in total. The highest BCUT2D eigenvalue weighted by Gasteiger charge is 2.25. The van der Waals surface area contributed by atoms with Crippen LogP contribution in [0.5, 0.6) is 0 Å². The molecule has 0 saturated carbocycles. The molecule has 0 amide bonds. The molecule has 14 aromatic rings. The zero-order valence-corrected chi connectivity index (χ0v) is 35.3. The predicted octanol–water partition coefficient (Wildman–Crippen LogP) is 16.7. The summed E-state index contributed by atoms with van der Waals surface area (Å²) in [7, 11) is 0. The van der Waals surface area contributed by atoms with Crippen LogP contribution in [0.4, 0.5) is 0 Å². The number of fused-ring (bicyclic) bond motifs is 16. The van der Waals surface area contributed by atoms with Crippen molar-refractivity contribution < 1.29 is 8.83 Å². The molecule has 0 aliphatic rings. The van der Waals surface area contributed by atoms with Crippen LogP contribution < -0.4 is 0 Å². The Morgan fingerprint density at radius 3 is 1.88 bits per heavy atom. The topological polar surface area (TPSA) is 36.1 Å². The third-order valence-electron chi connectivity index (χ3n) is 13.7. The van der Waals surface area contributed by atoms with Gasteiger partial charge in [-0.3, -0.25) is 0 Å². The van der Waals surface area contributed by atoms with E-state index in [1.807, 2.05) is 18.2 Å². The lowest BCUT2D eigenvalue weighted by atomic mass is 9.91. The molecule has 10 aromatic carbocycles. The Labute approximate surface area is 372 Å². The van der Waals surface area contributed by atoms with Crippen LogP contribution in [0.15, 0.2) is 197 Å². The molecule has 65 heavy (non-hydrogen) atoms. The van der Waals surface area contributed by atoms with Crippen LogP contribution in [0.2, 0.25) is 0 Å². The fraction of sp³-hybridized carbons (Fsp3) is 0.0164. The van der Waals surface area contributed by atoms with Gasteiger partial charge in [0.25, 0.3) is 0 Å². The van der Waals surface area contributed by atoms with E-state index in [1.165, 1.54) is 26.9 Å². The van der Waals surface area contributed by atoms with Crippen molar-refractivity contribution in [3.05, 3.63) is 199 Å². The first kappa shape index (κ1) is 35.8. The molecule has 4 heteroatoms. The van der Waals surface area contributed by atoms with Crippen LogP contribution in [0.3, 0.4) is 0 Å². The van der Waals surface area contributed by atoms with Crippen molar-refractivity contribution in [2.75, 3.05) is 0 Å². The number of terminal acetylenes is 1. The highest BCUT2D eigenvalue weighted by Crippen LogP contribution is 2.47. The maximum atomic E-state index is 6.77. The first-order valence-electron chi connectivity index (χ1n) is 22.1. The number of allylic oxidation sites excluding steroid dienone is 1. The number of nitrogens with zero attached hydrogens (tertiary/aromatic N) is 2. The Morgan fingerprint density at radius 2 is 1.06 bits per heavy atom. The molecule has 0 spiro atoms. The number of benzene rings is 10. The fourth-order valence-corrected chi connectivity index (χ4v) is 11.0. The summed E-state index contributed by atoms with van der Waals surface area (Å²) in [4.78, 5) is 0. The van der Waals surface area contributed by atoms with Crippen molar-refractivity contribution in [3.8, 4) is 34.8 Å². The number of rotatable bonds is 4. The number of aromatic nitrogens is 2. The number of para-hydroxylation sites is 4. The van der Waals surface area contributed by atoms with Crippen LogP contribution in [-0.2, 0) is 0 Å². The summed E-state index contributed by atoms with van der Waals surface area (Å²) in [6, 6.07) is 65.2. The van der Waals surface area contributed by atoms with Crippen LogP contribution in [0.1, 0.15) is 18.1 Å². The monoisotopic (exact) mass is 828 g/mol. The Hall–Kier alpha value is -8.78. The average molecular weight is 829 g/mol. The predicted molar refractivity (Wildman–Crippen MR) is 273 cm³/mol. The molecule has 0 atom stereocenters. The smallest absolute Gasteiger partial charge is 0.159 e.